The number of fused-ring (bicyclic) bond motifs is 1. The molecule has 0 radical (unpaired) electrons. The normalized spacial score (nSPS) is 19.1. The Morgan fingerprint density at radius 3 is 2.42 bits per heavy atom. The Bertz CT molecular complexity index is 816. The van der Waals surface area contributed by atoms with Crippen molar-refractivity contribution in [3.8, 4) is 0 Å². The number of hydrogen-bond acceptors (Lipinski definition) is 4. The van der Waals surface area contributed by atoms with Crippen LogP contribution >= 0.6 is 0 Å². The van der Waals surface area contributed by atoms with E-state index in [2.05, 4.69) is 10.2 Å². The first-order valence-corrected chi connectivity index (χ1v) is 9.53. The number of amides is 2. The predicted octanol–water partition coefficient (Wildman–Crippen LogP) is 1.90. The first-order valence-electron chi connectivity index (χ1n) is 9.53. The lowest BCUT2D eigenvalue weighted by molar-refractivity contribution is -0.137. The minimum atomic E-state index is 0.0175. The van der Waals surface area contributed by atoms with Crippen LogP contribution in [0, 0.1) is 12.8 Å². The van der Waals surface area contributed by atoms with Gasteiger partial charge in [-0.2, -0.15) is 0 Å². The fraction of sp³-hybridized carbons (Fsp3) is 0.579. The molecule has 0 atom stereocenters. The first kappa shape index (κ1) is 17.0. The molecule has 2 aromatic rings. The minimum Gasteiger partial charge on any atom is -0.342 e. The van der Waals surface area contributed by atoms with Crippen molar-refractivity contribution >= 4 is 17.5 Å². The maximum Gasteiger partial charge on any atom is 0.255 e. The highest BCUT2D eigenvalue weighted by atomic mass is 16.2. The minimum absolute atomic E-state index is 0.0175. The summed E-state index contributed by atoms with van der Waals surface area (Å²) in [5.41, 5.74) is 1.38. The summed E-state index contributed by atoms with van der Waals surface area (Å²) in [6.07, 6.45) is 6.79. The van der Waals surface area contributed by atoms with Crippen molar-refractivity contribution in [2.24, 2.45) is 5.92 Å². The first-order chi connectivity index (χ1) is 12.6. The fourth-order valence-corrected chi connectivity index (χ4v) is 4.02. The van der Waals surface area contributed by atoms with Gasteiger partial charge in [0.15, 0.2) is 5.65 Å². The monoisotopic (exact) mass is 355 g/mol. The van der Waals surface area contributed by atoms with Crippen molar-refractivity contribution in [1.82, 2.24) is 24.4 Å². The van der Waals surface area contributed by atoms with Crippen LogP contribution < -0.4 is 0 Å². The topological polar surface area (TPSA) is 70.8 Å². The molecular weight excluding hydrogens is 330 g/mol. The molecular formula is C19H25N5O2. The second-order valence-corrected chi connectivity index (χ2v) is 7.35. The molecule has 0 aliphatic carbocycles. The van der Waals surface area contributed by atoms with E-state index >= 15 is 0 Å². The standard InChI is InChI=1S/C19H25N5O2/c1-14-20-21-17-6-5-16(13-24(14)17)19(26)23-11-7-15(8-12-23)18(25)22-9-3-2-4-10-22/h5-6,13,15H,2-4,7-12H2,1H3. The van der Waals surface area contributed by atoms with E-state index in [9.17, 15) is 9.59 Å². The lowest BCUT2D eigenvalue weighted by Crippen LogP contribution is -2.45. The molecule has 2 aliphatic heterocycles. The Morgan fingerprint density at radius 2 is 1.69 bits per heavy atom. The molecule has 4 rings (SSSR count). The molecule has 0 bridgehead atoms. The van der Waals surface area contributed by atoms with Crippen molar-refractivity contribution in [3.05, 3.63) is 29.7 Å². The molecule has 7 nitrogen and oxygen atoms in total. The summed E-state index contributed by atoms with van der Waals surface area (Å²) in [4.78, 5) is 29.4. The van der Waals surface area contributed by atoms with E-state index in [-0.39, 0.29) is 11.8 Å². The van der Waals surface area contributed by atoms with Crippen LogP contribution in [0.2, 0.25) is 0 Å². The lowest BCUT2D eigenvalue weighted by atomic mass is 9.94. The van der Waals surface area contributed by atoms with Gasteiger partial charge < -0.3 is 9.80 Å². The van der Waals surface area contributed by atoms with Crippen LogP contribution in [0.3, 0.4) is 0 Å². The smallest absolute Gasteiger partial charge is 0.255 e. The van der Waals surface area contributed by atoms with Crippen molar-refractivity contribution in [1.29, 1.82) is 0 Å². The summed E-state index contributed by atoms with van der Waals surface area (Å²) in [7, 11) is 0. The molecule has 0 spiro atoms. The average Bonchev–Trinajstić information content (AvgIpc) is 3.08. The molecule has 2 saturated heterocycles. The third-order valence-corrected chi connectivity index (χ3v) is 5.62. The molecule has 2 aliphatic rings. The zero-order valence-corrected chi connectivity index (χ0v) is 15.2. The van der Waals surface area contributed by atoms with Gasteiger partial charge in [0.1, 0.15) is 5.82 Å². The van der Waals surface area contributed by atoms with E-state index in [0.29, 0.717) is 24.6 Å². The van der Waals surface area contributed by atoms with Crippen LogP contribution in [0.1, 0.15) is 48.3 Å². The molecule has 0 aromatic carbocycles. The summed E-state index contributed by atoms with van der Waals surface area (Å²) in [5, 5.41) is 8.08. The van der Waals surface area contributed by atoms with Gasteiger partial charge in [-0.1, -0.05) is 0 Å². The zero-order chi connectivity index (χ0) is 18.1. The van der Waals surface area contributed by atoms with Gasteiger partial charge >= 0.3 is 0 Å². The van der Waals surface area contributed by atoms with Crippen molar-refractivity contribution in [2.45, 2.75) is 39.0 Å². The highest BCUT2D eigenvalue weighted by Gasteiger charge is 2.31. The average molecular weight is 355 g/mol. The van der Waals surface area contributed by atoms with Gasteiger partial charge in [-0.05, 0) is 51.2 Å². The Hall–Kier alpha value is -2.44. The Kier molecular flexibility index (Phi) is 4.61. The maximum atomic E-state index is 12.8. The van der Waals surface area contributed by atoms with Crippen molar-refractivity contribution < 1.29 is 9.59 Å². The third-order valence-electron chi connectivity index (χ3n) is 5.62. The van der Waals surface area contributed by atoms with Crippen LogP contribution in [0.4, 0.5) is 0 Å². The summed E-state index contributed by atoms with van der Waals surface area (Å²) >= 11 is 0. The van der Waals surface area contributed by atoms with Crippen LogP contribution in [-0.2, 0) is 4.79 Å². The molecule has 0 N–H and O–H groups in total. The number of nitrogens with zero attached hydrogens (tertiary/aromatic N) is 5. The highest BCUT2D eigenvalue weighted by Crippen LogP contribution is 2.23. The summed E-state index contributed by atoms with van der Waals surface area (Å²) < 4.78 is 1.83. The van der Waals surface area contributed by atoms with Crippen LogP contribution in [-0.4, -0.2) is 62.4 Å². The number of piperidine rings is 2. The van der Waals surface area contributed by atoms with Gasteiger partial charge in [-0.3, -0.25) is 14.0 Å². The summed E-state index contributed by atoms with van der Waals surface area (Å²) in [6.45, 7) is 4.95. The third kappa shape index (κ3) is 3.18. The number of rotatable bonds is 2. The van der Waals surface area contributed by atoms with Gasteiger partial charge in [0.2, 0.25) is 5.91 Å². The molecule has 2 fully saturated rings. The quantitative estimate of drug-likeness (QED) is 0.825. The van der Waals surface area contributed by atoms with E-state index in [1.54, 1.807) is 12.3 Å². The van der Waals surface area contributed by atoms with Crippen LogP contribution in [0.25, 0.3) is 5.65 Å². The van der Waals surface area contributed by atoms with Gasteiger partial charge in [0, 0.05) is 38.3 Å². The van der Waals surface area contributed by atoms with E-state index in [1.807, 2.05) is 27.2 Å². The molecule has 4 heterocycles. The summed E-state index contributed by atoms with van der Waals surface area (Å²) in [5.74, 6) is 1.14. The molecule has 0 saturated carbocycles. The van der Waals surface area contributed by atoms with Gasteiger partial charge in [-0.25, -0.2) is 0 Å². The summed E-state index contributed by atoms with van der Waals surface area (Å²) in [6, 6.07) is 3.62. The Morgan fingerprint density at radius 1 is 0.962 bits per heavy atom. The van der Waals surface area contributed by atoms with E-state index in [4.69, 9.17) is 0 Å². The molecule has 0 unspecified atom stereocenters. The molecule has 138 valence electrons. The van der Waals surface area contributed by atoms with Gasteiger partial charge in [0.05, 0.1) is 5.56 Å². The van der Waals surface area contributed by atoms with E-state index < -0.39 is 0 Å². The van der Waals surface area contributed by atoms with Gasteiger partial charge in [0.25, 0.3) is 5.91 Å². The van der Waals surface area contributed by atoms with Gasteiger partial charge in [-0.15, -0.1) is 10.2 Å². The number of carbonyl (C=O) groups is 2. The second kappa shape index (κ2) is 7.05. The predicted molar refractivity (Wildman–Crippen MR) is 96.8 cm³/mol. The second-order valence-electron chi connectivity index (χ2n) is 7.35. The number of hydrogen-bond donors (Lipinski definition) is 0. The van der Waals surface area contributed by atoms with Crippen molar-refractivity contribution in [3.63, 3.8) is 0 Å². The number of likely N-dealkylation sites (tertiary alicyclic amines) is 2. The maximum absolute atomic E-state index is 12.8. The highest BCUT2D eigenvalue weighted by molar-refractivity contribution is 5.94. The van der Waals surface area contributed by atoms with Crippen LogP contribution in [0.5, 0.6) is 0 Å². The lowest BCUT2D eigenvalue weighted by Gasteiger charge is -2.35. The largest absolute Gasteiger partial charge is 0.342 e. The van der Waals surface area contributed by atoms with E-state index in [0.717, 1.165) is 50.2 Å². The number of carbonyl (C=O) groups excluding carboxylic acids is 2. The molecule has 26 heavy (non-hydrogen) atoms. The number of pyridine rings is 1. The Balaban J connectivity index is 1.39. The van der Waals surface area contributed by atoms with Crippen LogP contribution in [0.15, 0.2) is 18.3 Å². The fourth-order valence-electron chi connectivity index (χ4n) is 4.02. The number of aryl methyl sites for hydroxylation is 1. The molecule has 2 aromatic heterocycles. The van der Waals surface area contributed by atoms with Crippen molar-refractivity contribution in [2.75, 3.05) is 26.2 Å². The Labute approximate surface area is 153 Å². The molecule has 7 heteroatoms. The molecule has 2 amide bonds. The number of aromatic nitrogens is 3. The zero-order valence-electron chi connectivity index (χ0n) is 15.2. The van der Waals surface area contributed by atoms with E-state index in [1.165, 1.54) is 6.42 Å². The SMILES string of the molecule is Cc1nnc2ccc(C(=O)N3CCC(C(=O)N4CCCCC4)CC3)cn12.